The normalized spacial score (nSPS) is 20.8. The predicted octanol–water partition coefficient (Wildman–Crippen LogP) is 3.03. The van der Waals surface area contributed by atoms with Gasteiger partial charge in [0.05, 0.1) is 13.2 Å². The van der Waals surface area contributed by atoms with Crippen LogP contribution in [0.3, 0.4) is 0 Å². The van der Waals surface area contributed by atoms with Gasteiger partial charge in [-0.1, -0.05) is 41.5 Å². The van der Waals surface area contributed by atoms with E-state index in [0.29, 0.717) is 5.41 Å². The summed E-state index contributed by atoms with van der Waals surface area (Å²) in [5, 5.41) is 0. The molecule has 0 N–H and O–H groups in total. The maximum Gasteiger partial charge on any atom is 0.0593 e. The third-order valence-electron chi connectivity index (χ3n) is 1.81. The molecule has 0 bridgehead atoms. The molecule has 1 saturated heterocycles. The van der Waals surface area contributed by atoms with E-state index in [0.717, 1.165) is 26.3 Å². The Balaban J connectivity index is 0. The van der Waals surface area contributed by atoms with Crippen LogP contribution in [0.4, 0.5) is 0 Å². The highest BCUT2D eigenvalue weighted by atomic mass is 16.5. The number of rotatable bonds is 0. The summed E-state index contributed by atoms with van der Waals surface area (Å²) in [6.07, 6.45) is 0. The molecule has 0 atom stereocenters. The lowest BCUT2D eigenvalue weighted by Gasteiger charge is -2.25. The van der Waals surface area contributed by atoms with Crippen molar-refractivity contribution in [2.24, 2.45) is 5.41 Å². The van der Waals surface area contributed by atoms with Gasteiger partial charge in [-0.2, -0.15) is 0 Å². The molecule has 0 aromatic heterocycles. The van der Waals surface area contributed by atoms with Crippen molar-refractivity contribution >= 4 is 0 Å². The molecule has 0 spiro atoms. The van der Waals surface area contributed by atoms with Crippen molar-refractivity contribution in [2.45, 2.75) is 41.5 Å². The molecule has 88 valence electrons. The molecule has 2 heteroatoms. The number of hydrogen-bond acceptors (Lipinski definition) is 2. The molecule has 0 radical (unpaired) electrons. The molecule has 1 aliphatic rings. The fraction of sp³-hybridized carbons (Fsp3) is 1.00. The van der Waals surface area contributed by atoms with Crippen LogP contribution in [-0.4, -0.2) is 38.3 Å². The first-order chi connectivity index (χ1) is 6.60. The van der Waals surface area contributed by atoms with Gasteiger partial charge < -0.3 is 9.64 Å². The quantitative estimate of drug-likeness (QED) is 0.600. The lowest BCUT2D eigenvalue weighted by Crippen LogP contribution is -2.31. The second-order valence-corrected chi connectivity index (χ2v) is 3.95. The number of likely N-dealkylation sites (N-methyl/N-ethyl adjacent to an activating group) is 1. The van der Waals surface area contributed by atoms with Gasteiger partial charge in [0.25, 0.3) is 0 Å². The van der Waals surface area contributed by atoms with E-state index in [1.54, 1.807) is 0 Å². The summed E-state index contributed by atoms with van der Waals surface area (Å²) in [5.74, 6) is 0. The summed E-state index contributed by atoms with van der Waals surface area (Å²) >= 11 is 0. The molecule has 0 aromatic carbocycles. The molecular weight excluding hydrogens is 174 g/mol. The molecule has 0 amide bonds. The smallest absolute Gasteiger partial charge is 0.0593 e. The van der Waals surface area contributed by atoms with Gasteiger partial charge in [-0.05, 0) is 7.05 Å². The lowest BCUT2D eigenvalue weighted by atomic mass is 9.95. The molecule has 0 unspecified atom stereocenters. The molecule has 2 nitrogen and oxygen atoms in total. The minimum absolute atomic E-state index is 0.339. The van der Waals surface area contributed by atoms with Crippen molar-refractivity contribution in [3.63, 3.8) is 0 Å². The third kappa shape index (κ3) is 8.52. The van der Waals surface area contributed by atoms with E-state index in [1.165, 1.54) is 0 Å². The van der Waals surface area contributed by atoms with Crippen molar-refractivity contribution in [3.05, 3.63) is 0 Å². The van der Waals surface area contributed by atoms with Gasteiger partial charge in [-0.25, -0.2) is 0 Å². The van der Waals surface area contributed by atoms with E-state index >= 15 is 0 Å². The van der Waals surface area contributed by atoms with Crippen LogP contribution >= 0.6 is 0 Å². The molecule has 0 aliphatic carbocycles. The second kappa shape index (κ2) is 9.47. The van der Waals surface area contributed by atoms with Gasteiger partial charge in [-0.15, -0.1) is 0 Å². The van der Waals surface area contributed by atoms with Gasteiger partial charge in [0, 0.05) is 18.5 Å². The van der Waals surface area contributed by atoms with Crippen molar-refractivity contribution in [1.82, 2.24) is 4.90 Å². The van der Waals surface area contributed by atoms with E-state index < -0.39 is 0 Å². The van der Waals surface area contributed by atoms with Crippen LogP contribution in [-0.2, 0) is 4.74 Å². The maximum absolute atomic E-state index is 5.44. The van der Waals surface area contributed by atoms with E-state index in [4.69, 9.17) is 4.74 Å². The van der Waals surface area contributed by atoms with Crippen LogP contribution in [0.1, 0.15) is 41.5 Å². The van der Waals surface area contributed by atoms with E-state index in [-0.39, 0.29) is 0 Å². The lowest BCUT2D eigenvalue weighted by molar-refractivity contribution is 0.0889. The zero-order valence-corrected chi connectivity index (χ0v) is 11.2. The van der Waals surface area contributed by atoms with Gasteiger partial charge in [0.15, 0.2) is 0 Å². The fourth-order valence-electron chi connectivity index (χ4n) is 1.42. The Morgan fingerprint density at radius 2 is 1.57 bits per heavy atom. The Bertz CT molecular complexity index is 113. The Morgan fingerprint density at radius 3 is 2.07 bits per heavy atom. The molecule has 0 saturated carbocycles. The highest BCUT2D eigenvalue weighted by Gasteiger charge is 2.22. The van der Waals surface area contributed by atoms with E-state index in [9.17, 15) is 0 Å². The van der Waals surface area contributed by atoms with Gasteiger partial charge in [0.1, 0.15) is 0 Å². The average molecular weight is 203 g/mol. The summed E-state index contributed by atoms with van der Waals surface area (Å²) in [4.78, 5) is 2.33. The van der Waals surface area contributed by atoms with Gasteiger partial charge >= 0.3 is 0 Å². The van der Waals surface area contributed by atoms with Crippen LogP contribution in [0.2, 0.25) is 0 Å². The summed E-state index contributed by atoms with van der Waals surface area (Å²) in [6.45, 7) is 16.5. The molecule has 0 aromatic rings. The number of nitrogens with zero attached hydrogens (tertiary/aromatic N) is 1. The van der Waals surface area contributed by atoms with E-state index in [2.05, 4.69) is 25.8 Å². The van der Waals surface area contributed by atoms with Crippen LogP contribution in [0, 0.1) is 5.41 Å². The Morgan fingerprint density at radius 1 is 1.07 bits per heavy atom. The van der Waals surface area contributed by atoms with Crippen LogP contribution in [0.5, 0.6) is 0 Å². The standard InChI is InChI=1S/C8H17NO.2C2H6/c1-8(2)6-9(3)4-5-10-7-8;2*1-2/h4-7H2,1-3H3;2*1-2H3. The topological polar surface area (TPSA) is 12.5 Å². The molecule has 14 heavy (non-hydrogen) atoms. The molecule has 1 rings (SSSR count). The highest BCUT2D eigenvalue weighted by molar-refractivity contribution is 4.74. The summed E-state index contributed by atoms with van der Waals surface area (Å²) in [6, 6.07) is 0. The Kier molecular flexibility index (Phi) is 11.1. The number of hydrogen-bond donors (Lipinski definition) is 0. The molecule has 1 aliphatic heterocycles. The van der Waals surface area contributed by atoms with Gasteiger partial charge in [0.2, 0.25) is 0 Å². The van der Waals surface area contributed by atoms with E-state index in [1.807, 2.05) is 27.7 Å². The minimum Gasteiger partial charge on any atom is -0.380 e. The zero-order chi connectivity index (χ0) is 11.6. The number of ether oxygens (including phenoxy) is 1. The largest absolute Gasteiger partial charge is 0.380 e. The summed E-state index contributed by atoms with van der Waals surface area (Å²) < 4.78 is 5.44. The molecular formula is C12H29NO. The second-order valence-electron chi connectivity index (χ2n) is 3.95. The first-order valence-corrected chi connectivity index (χ1v) is 5.86. The SMILES string of the molecule is CC.CC.CN1CCOCC(C)(C)C1. The molecule has 1 fully saturated rings. The first-order valence-electron chi connectivity index (χ1n) is 5.86. The first kappa shape index (κ1) is 16.4. The van der Waals surface area contributed by atoms with Crippen LogP contribution in [0.25, 0.3) is 0 Å². The van der Waals surface area contributed by atoms with Crippen LogP contribution < -0.4 is 0 Å². The van der Waals surface area contributed by atoms with Crippen molar-refractivity contribution in [3.8, 4) is 0 Å². The average Bonchev–Trinajstić information content (AvgIpc) is 2.32. The predicted molar refractivity (Wildman–Crippen MR) is 64.8 cm³/mol. The summed E-state index contributed by atoms with van der Waals surface area (Å²) in [5.41, 5.74) is 0.339. The fourth-order valence-corrected chi connectivity index (χ4v) is 1.42. The monoisotopic (exact) mass is 203 g/mol. The zero-order valence-electron chi connectivity index (χ0n) is 11.2. The minimum atomic E-state index is 0.339. The highest BCUT2D eigenvalue weighted by Crippen LogP contribution is 2.18. The van der Waals surface area contributed by atoms with Crippen molar-refractivity contribution < 1.29 is 4.74 Å². The van der Waals surface area contributed by atoms with Crippen molar-refractivity contribution in [1.29, 1.82) is 0 Å². The van der Waals surface area contributed by atoms with Crippen LogP contribution in [0.15, 0.2) is 0 Å². The summed E-state index contributed by atoms with van der Waals surface area (Å²) in [7, 11) is 2.15. The third-order valence-corrected chi connectivity index (χ3v) is 1.81. The van der Waals surface area contributed by atoms with Crippen molar-refractivity contribution in [2.75, 3.05) is 33.4 Å². The Labute approximate surface area is 90.6 Å². The van der Waals surface area contributed by atoms with Gasteiger partial charge in [-0.3, -0.25) is 0 Å². The molecule has 1 heterocycles. The Hall–Kier alpha value is -0.0800. The maximum atomic E-state index is 5.44.